The van der Waals surface area contributed by atoms with E-state index >= 15 is 0 Å². The first-order chi connectivity index (χ1) is 13.0. The summed E-state index contributed by atoms with van der Waals surface area (Å²) < 4.78 is 24.2. The Hall–Kier alpha value is -3.09. The summed E-state index contributed by atoms with van der Waals surface area (Å²) in [7, 11) is 1.40. The maximum absolute atomic E-state index is 13.8. The van der Waals surface area contributed by atoms with Crippen molar-refractivity contribution in [1.82, 2.24) is 5.32 Å². The Morgan fingerprint density at radius 1 is 1.26 bits per heavy atom. The third kappa shape index (κ3) is 4.55. The lowest BCUT2D eigenvalue weighted by Gasteiger charge is -2.18. The molecular weight excluding hydrogens is 351 g/mol. The van der Waals surface area contributed by atoms with Crippen LogP contribution in [0.15, 0.2) is 36.4 Å². The zero-order valence-electron chi connectivity index (χ0n) is 15.2. The number of nitrogens with one attached hydrogen (secondary N) is 2. The van der Waals surface area contributed by atoms with Crippen LogP contribution >= 0.6 is 0 Å². The van der Waals surface area contributed by atoms with Crippen LogP contribution in [0.3, 0.4) is 0 Å². The predicted octanol–water partition coefficient (Wildman–Crippen LogP) is 2.98. The number of rotatable bonds is 6. The monoisotopic (exact) mass is 372 g/mol. The lowest BCUT2D eigenvalue weighted by atomic mass is 10.0. The number of methoxy groups -OCH3 is 1. The molecule has 0 aromatic heterocycles. The number of carbonyl (C=O) groups is 2. The van der Waals surface area contributed by atoms with E-state index in [1.807, 2.05) is 6.07 Å². The smallest absolute Gasteiger partial charge is 0.258 e. The number of hydrogen-bond acceptors (Lipinski definition) is 4. The second-order valence-electron chi connectivity index (χ2n) is 6.34. The van der Waals surface area contributed by atoms with Gasteiger partial charge in [0.05, 0.1) is 13.2 Å². The minimum absolute atomic E-state index is 0.000461. The fourth-order valence-electron chi connectivity index (χ4n) is 2.92. The van der Waals surface area contributed by atoms with Crippen LogP contribution < -0.4 is 20.1 Å². The summed E-state index contributed by atoms with van der Waals surface area (Å²) in [5.41, 5.74) is 2.39. The molecule has 3 rings (SSSR count). The molecule has 7 heteroatoms. The third-order valence-corrected chi connectivity index (χ3v) is 4.40. The summed E-state index contributed by atoms with van der Waals surface area (Å²) in [6.45, 7) is 1.61. The third-order valence-electron chi connectivity index (χ3n) is 4.40. The van der Waals surface area contributed by atoms with E-state index in [2.05, 4.69) is 10.6 Å². The van der Waals surface area contributed by atoms with Gasteiger partial charge in [0.15, 0.2) is 18.2 Å². The van der Waals surface area contributed by atoms with Crippen molar-refractivity contribution in [3.05, 3.63) is 53.3 Å². The van der Waals surface area contributed by atoms with Crippen LogP contribution in [0.25, 0.3) is 0 Å². The van der Waals surface area contributed by atoms with Gasteiger partial charge in [-0.05, 0) is 54.8 Å². The van der Waals surface area contributed by atoms with Crippen LogP contribution in [-0.2, 0) is 16.0 Å². The summed E-state index contributed by atoms with van der Waals surface area (Å²) in [5.74, 6) is -0.0786. The SMILES string of the molecule is COc1ccc([C@@H](C)NC(=O)COc2ccc3c(c2)CCC(=O)N3)cc1F. The van der Waals surface area contributed by atoms with Gasteiger partial charge in [-0.15, -0.1) is 0 Å². The zero-order valence-corrected chi connectivity index (χ0v) is 15.2. The maximum atomic E-state index is 13.8. The number of fused-ring (bicyclic) bond motifs is 1. The normalized spacial score (nSPS) is 14.0. The number of benzene rings is 2. The number of aryl methyl sites for hydroxylation is 1. The number of carbonyl (C=O) groups excluding carboxylic acids is 2. The van der Waals surface area contributed by atoms with Crippen LogP contribution in [0.2, 0.25) is 0 Å². The van der Waals surface area contributed by atoms with Gasteiger partial charge in [-0.1, -0.05) is 6.07 Å². The molecule has 2 amide bonds. The molecule has 0 saturated heterocycles. The highest BCUT2D eigenvalue weighted by atomic mass is 19.1. The van der Waals surface area contributed by atoms with Gasteiger partial charge in [0, 0.05) is 12.1 Å². The van der Waals surface area contributed by atoms with Crippen molar-refractivity contribution in [3.8, 4) is 11.5 Å². The van der Waals surface area contributed by atoms with Crippen molar-refractivity contribution in [2.75, 3.05) is 19.0 Å². The van der Waals surface area contributed by atoms with E-state index in [0.29, 0.717) is 24.2 Å². The first kappa shape index (κ1) is 18.7. The fraction of sp³-hybridized carbons (Fsp3) is 0.300. The Bertz CT molecular complexity index is 869. The molecule has 0 fully saturated rings. The van der Waals surface area contributed by atoms with Crippen LogP contribution in [0.5, 0.6) is 11.5 Å². The molecular formula is C20H21FN2O4. The van der Waals surface area contributed by atoms with Gasteiger partial charge >= 0.3 is 0 Å². The first-order valence-electron chi connectivity index (χ1n) is 8.64. The van der Waals surface area contributed by atoms with Gasteiger partial charge in [0.25, 0.3) is 5.91 Å². The van der Waals surface area contributed by atoms with E-state index in [4.69, 9.17) is 9.47 Å². The van der Waals surface area contributed by atoms with E-state index in [1.54, 1.807) is 25.1 Å². The number of hydrogen-bond donors (Lipinski definition) is 2. The molecule has 0 unspecified atom stereocenters. The highest BCUT2D eigenvalue weighted by Gasteiger charge is 2.16. The largest absolute Gasteiger partial charge is 0.494 e. The lowest BCUT2D eigenvalue weighted by molar-refractivity contribution is -0.123. The first-order valence-corrected chi connectivity index (χ1v) is 8.64. The Balaban J connectivity index is 1.55. The molecule has 2 N–H and O–H groups in total. The molecule has 1 atom stereocenters. The average molecular weight is 372 g/mol. The summed E-state index contributed by atoms with van der Waals surface area (Å²) >= 11 is 0. The summed E-state index contributed by atoms with van der Waals surface area (Å²) in [6, 6.07) is 9.48. The maximum Gasteiger partial charge on any atom is 0.258 e. The number of anilines is 1. The minimum Gasteiger partial charge on any atom is -0.494 e. The summed E-state index contributed by atoms with van der Waals surface area (Å²) in [5, 5.41) is 5.57. The van der Waals surface area contributed by atoms with Gasteiger partial charge < -0.3 is 20.1 Å². The number of halogens is 1. The second kappa shape index (κ2) is 8.07. The zero-order chi connectivity index (χ0) is 19.4. The Morgan fingerprint density at radius 2 is 2.07 bits per heavy atom. The predicted molar refractivity (Wildman–Crippen MR) is 98.4 cm³/mol. The van der Waals surface area contributed by atoms with Crippen molar-refractivity contribution in [3.63, 3.8) is 0 Å². The van der Waals surface area contributed by atoms with Crippen molar-refractivity contribution >= 4 is 17.5 Å². The number of ether oxygens (including phenoxy) is 2. The van der Waals surface area contributed by atoms with E-state index in [0.717, 1.165) is 11.3 Å². The van der Waals surface area contributed by atoms with Crippen molar-refractivity contribution in [2.24, 2.45) is 0 Å². The average Bonchev–Trinajstić information content (AvgIpc) is 2.66. The van der Waals surface area contributed by atoms with E-state index < -0.39 is 5.82 Å². The molecule has 0 spiro atoms. The quantitative estimate of drug-likeness (QED) is 0.817. The van der Waals surface area contributed by atoms with Crippen LogP contribution in [-0.4, -0.2) is 25.5 Å². The molecule has 6 nitrogen and oxygen atoms in total. The topological polar surface area (TPSA) is 76.7 Å². The van der Waals surface area contributed by atoms with E-state index in [-0.39, 0.29) is 30.2 Å². The second-order valence-corrected chi connectivity index (χ2v) is 6.34. The molecule has 1 aliphatic rings. The standard InChI is InChI=1S/C20H21FN2O4/c1-12(13-3-7-18(26-2)16(21)10-13)22-20(25)11-27-15-5-6-17-14(9-15)4-8-19(24)23-17/h3,5-7,9-10,12H,4,8,11H2,1-2H3,(H,22,25)(H,23,24)/t12-/m1/s1. The van der Waals surface area contributed by atoms with Crippen molar-refractivity contribution in [2.45, 2.75) is 25.8 Å². The van der Waals surface area contributed by atoms with Crippen molar-refractivity contribution < 1.29 is 23.5 Å². The van der Waals surface area contributed by atoms with E-state index in [9.17, 15) is 14.0 Å². The molecule has 2 aromatic rings. The van der Waals surface area contributed by atoms with Gasteiger partial charge in [0.2, 0.25) is 5.91 Å². The summed E-state index contributed by atoms with van der Waals surface area (Å²) in [6.07, 6.45) is 1.08. The van der Waals surface area contributed by atoms with Crippen LogP contribution in [0.4, 0.5) is 10.1 Å². The van der Waals surface area contributed by atoms with E-state index in [1.165, 1.54) is 19.2 Å². The van der Waals surface area contributed by atoms with Gasteiger partial charge in [-0.25, -0.2) is 4.39 Å². The highest BCUT2D eigenvalue weighted by Crippen LogP contribution is 2.27. The minimum atomic E-state index is -0.478. The van der Waals surface area contributed by atoms with Crippen LogP contribution in [0.1, 0.15) is 30.5 Å². The molecule has 142 valence electrons. The molecule has 0 bridgehead atoms. The Labute approximate surface area is 156 Å². The molecule has 0 radical (unpaired) electrons. The fourth-order valence-corrected chi connectivity index (χ4v) is 2.92. The summed E-state index contributed by atoms with van der Waals surface area (Å²) in [4.78, 5) is 23.5. The van der Waals surface area contributed by atoms with Gasteiger partial charge in [0.1, 0.15) is 5.75 Å². The highest BCUT2D eigenvalue weighted by molar-refractivity contribution is 5.94. The molecule has 0 aliphatic carbocycles. The number of amides is 2. The van der Waals surface area contributed by atoms with Gasteiger partial charge in [-0.3, -0.25) is 9.59 Å². The van der Waals surface area contributed by atoms with Crippen LogP contribution in [0, 0.1) is 5.82 Å². The molecule has 1 heterocycles. The molecule has 27 heavy (non-hydrogen) atoms. The Kier molecular flexibility index (Phi) is 5.59. The molecule has 1 aliphatic heterocycles. The Morgan fingerprint density at radius 3 is 2.81 bits per heavy atom. The van der Waals surface area contributed by atoms with Gasteiger partial charge in [-0.2, -0.15) is 0 Å². The molecule has 2 aromatic carbocycles. The lowest BCUT2D eigenvalue weighted by Crippen LogP contribution is -2.31. The molecule has 0 saturated carbocycles. The van der Waals surface area contributed by atoms with Crippen molar-refractivity contribution in [1.29, 1.82) is 0 Å².